The molecular weight excluding hydrogens is 236 g/mol. The number of hydrogen-bond acceptors (Lipinski definition) is 3. The first-order valence-electron chi connectivity index (χ1n) is 5.55. The minimum atomic E-state index is -3.37. The third-order valence-corrected chi connectivity index (χ3v) is 4.98. The molecule has 1 aromatic carbocycles. The van der Waals surface area contributed by atoms with E-state index in [1.807, 2.05) is 32.0 Å². The normalized spacial score (nSPS) is 13.5. The average Bonchev–Trinajstić information content (AvgIpc) is 2.25. The van der Waals surface area contributed by atoms with Crippen molar-refractivity contribution in [3.8, 4) is 0 Å². The van der Waals surface area contributed by atoms with Crippen LogP contribution >= 0.6 is 0 Å². The molecule has 0 aliphatic rings. The molecule has 1 unspecified atom stereocenters. The summed E-state index contributed by atoms with van der Waals surface area (Å²) in [5.74, 6) is 0. The molecular formula is C12H20N2O2S. The summed E-state index contributed by atoms with van der Waals surface area (Å²) in [5.41, 5.74) is 8.20. The van der Waals surface area contributed by atoms with E-state index in [4.69, 9.17) is 5.73 Å². The quantitative estimate of drug-likeness (QED) is 0.886. The molecule has 96 valence electrons. The maximum absolute atomic E-state index is 12.1. The Morgan fingerprint density at radius 2 is 1.71 bits per heavy atom. The van der Waals surface area contributed by atoms with Crippen LogP contribution in [-0.2, 0) is 10.0 Å². The van der Waals surface area contributed by atoms with Gasteiger partial charge in [0.2, 0.25) is 10.0 Å². The van der Waals surface area contributed by atoms with E-state index in [1.165, 1.54) is 4.31 Å². The van der Waals surface area contributed by atoms with Gasteiger partial charge < -0.3 is 5.73 Å². The van der Waals surface area contributed by atoms with Crippen molar-refractivity contribution in [3.63, 3.8) is 0 Å². The fourth-order valence-corrected chi connectivity index (χ4v) is 2.85. The monoisotopic (exact) mass is 256 g/mol. The largest absolute Gasteiger partial charge is 0.329 e. The van der Waals surface area contributed by atoms with Crippen molar-refractivity contribution in [2.75, 3.05) is 17.9 Å². The second-order valence-electron chi connectivity index (χ2n) is 4.40. The van der Waals surface area contributed by atoms with E-state index < -0.39 is 15.3 Å². The van der Waals surface area contributed by atoms with Gasteiger partial charge in [-0.3, -0.25) is 4.31 Å². The van der Waals surface area contributed by atoms with Crippen LogP contribution in [0.5, 0.6) is 0 Å². The highest BCUT2D eigenvalue weighted by atomic mass is 32.2. The lowest BCUT2D eigenvalue weighted by Crippen LogP contribution is -2.38. The molecule has 0 spiro atoms. The Morgan fingerprint density at radius 3 is 2.12 bits per heavy atom. The highest BCUT2D eigenvalue weighted by Crippen LogP contribution is 2.21. The molecule has 0 aliphatic carbocycles. The lowest BCUT2D eigenvalue weighted by atomic mass is 10.1. The Bertz CT molecular complexity index is 477. The van der Waals surface area contributed by atoms with Gasteiger partial charge in [-0.15, -0.1) is 0 Å². The van der Waals surface area contributed by atoms with Crippen molar-refractivity contribution in [2.45, 2.75) is 26.0 Å². The molecule has 1 rings (SSSR count). The van der Waals surface area contributed by atoms with Crippen molar-refractivity contribution in [1.29, 1.82) is 0 Å². The van der Waals surface area contributed by atoms with Gasteiger partial charge in [0.05, 0.1) is 10.9 Å². The minimum Gasteiger partial charge on any atom is -0.329 e. The zero-order valence-corrected chi connectivity index (χ0v) is 11.6. The van der Waals surface area contributed by atoms with Crippen LogP contribution in [0.15, 0.2) is 18.2 Å². The zero-order valence-electron chi connectivity index (χ0n) is 10.8. The first-order valence-corrected chi connectivity index (χ1v) is 7.05. The number of hydrogen-bond donors (Lipinski definition) is 1. The number of benzene rings is 1. The molecule has 0 heterocycles. The van der Waals surface area contributed by atoms with Crippen LogP contribution in [0.2, 0.25) is 0 Å². The van der Waals surface area contributed by atoms with E-state index in [1.54, 1.807) is 14.0 Å². The summed E-state index contributed by atoms with van der Waals surface area (Å²) in [4.78, 5) is 0. The molecule has 0 amide bonds. The number of rotatable bonds is 4. The molecule has 2 N–H and O–H groups in total. The van der Waals surface area contributed by atoms with Crippen molar-refractivity contribution >= 4 is 15.7 Å². The number of sulfonamides is 1. The summed E-state index contributed by atoms with van der Waals surface area (Å²) in [6.45, 7) is 5.64. The molecule has 0 bridgehead atoms. The summed E-state index contributed by atoms with van der Waals surface area (Å²) >= 11 is 0. The Balaban J connectivity index is 3.16. The molecule has 1 atom stereocenters. The van der Waals surface area contributed by atoms with Gasteiger partial charge in [0.25, 0.3) is 0 Å². The molecule has 0 aliphatic heterocycles. The number of nitrogens with two attached hydrogens (primary N) is 1. The molecule has 0 radical (unpaired) electrons. The Hall–Kier alpha value is -1.07. The van der Waals surface area contributed by atoms with E-state index in [-0.39, 0.29) is 6.54 Å². The molecule has 5 heteroatoms. The number of aryl methyl sites for hydroxylation is 2. The van der Waals surface area contributed by atoms with Crippen LogP contribution in [0.3, 0.4) is 0 Å². The van der Waals surface area contributed by atoms with Gasteiger partial charge in [0, 0.05) is 13.6 Å². The predicted molar refractivity (Wildman–Crippen MR) is 71.8 cm³/mol. The Kier molecular flexibility index (Phi) is 4.16. The topological polar surface area (TPSA) is 63.4 Å². The molecule has 17 heavy (non-hydrogen) atoms. The summed E-state index contributed by atoms with van der Waals surface area (Å²) in [6, 6.07) is 5.72. The Morgan fingerprint density at radius 1 is 1.24 bits per heavy atom. The van der Waals surface area contributed by atoms with Crippen molar-refractivity contribution < 1.29 is 8.42 Å². The first-order chi connectivity index (χ1) is 7.78. The molecule has 0 aromatic heterocycles. The van der Waals surface area contributed by atoms with E-state index >= 15 is 0 Å². The van der Waals surface area contributed by atoms with Crippen LogP contribution in [-0.4, -0.2) is 27.3 Å². The highest BCUT2D eigenvalue weighted by Gasteiger charge is 2.25. The fourth-order valence-electron chi connectivity index (χ4n) is 1.67. The lowest BCUT2D eigenvalue weighted by molar-refractivity contribution is 0.582. The summed E-state index contributed by atoms with van der Waals surface area (Å²) in [5, 5.41) is -0.576. The number of nitrogens with zero attached hydrogens (tertiary/aromatic N) is 1. The molecule has 4 nitrogen and oxygen atoms in total. The maximum Gasteiger partial charge on any atom is 0.238 e. The predicted octanol–water partition coefficient (Wildman–Crippen LogP) is 1.42. The summed E-state index contributed by atoms with van der Waals surface area (Å²) in [6.07, 6.45) is 0. The van der Waals surface area contributed by atoms with Gasteiger partial charge in [-0.1, -0.05) is 6.07 Å². The smallest absolute Gasteiger partial charge is 0.238 e. The van der Waals surface area contributed by atoms with Crippen LogP contribution in [0, 0.1) is 13.8 Å². The van der Waals surface area contributed by atoms with Gasteiger partial charge in [-0.05, 0) is 44.0 Å². The standard InChI is InChI=1S/C12H20N2O2S/c1-9-5-10(2)7-12(6-9)14(4)17(15,16)11(3)8-13/h5-7,11H,8,13H2,1-4H3. The lowest BCUT2D eigenvalue weighted by Gasteiger charge is -2.23. The van der Waals surface area contributed by atoms with Crippen molar-refractivity contribution in [2.24, 2.45) is 5.73 Å². The third-order valence-electron chi connectivity index (χ3n) is 2.79. The highest BCUT2D eigenvalue weighted by molar-refractivity contribution is 7.93. The minimum absolute atomic E-state index is 0.122. The summed E-state index contributed by atoms with van der Waals surface area (Å²) in [7, 11) is -1.80. The maximum atomic E-state index is 12.1. The second-order valence-corrected chi connectivity index (χ2v) is 6.79. The van der Waals surface area contributed by atoms with E-state index in [0.717, 1.165) is 11.1 Å². The van der Waals surface area contributed by atoms with Gasteiger partial charge in [0.15, 0.2) is 0 Å². The van der Waals surface area contributed by atoms with Crippen LogP contribution < -0.4 is 10.0 Å². The van der Waals surface area contributed by atoms with Crippen molar-refractivity contribution in [1.82, 2.24) is 0 Å². The van der Waals surface area contributed by atoms with Crippen molar-refractivity contribution in [3.05, 3.63) is 29.3 Å². The molecule has 0 saturated heterocycles. The molecule has 1 aromatic rings. The number of anilines is 1. The van der Waals surface area contributed by atoms with E-state index in [9.17, 15) is 8.42 Å². The van der Waals surface area contributed by atoms with Crippen LogP contribution in [0.1, 0.15) is 18.1 Å². The second kappa shape index (κ2) is 5.06. The SMILES string of the molecule is Cc1cc(C)cc(N(C)S(=O)(=O)C(C)CN)c1. The fraction of sp³-hybridized carbons (Fsp3) is 0.500. The Labute approximate surface area is 103 Å². The zero-order chi connectivity index (χ0) is 13.2. The van der Waals surface area contributed by atoms with Gasteiger partial charge in [-0.25, -0.2) is 8.42 Å². The van der Waals surface area contributed by atoms with Gasteiger partial charge in [-0.2, -0.15) is 0 Å². The average molecular weight is 256 g/mol. The van der Waals surface area contributed by atoms with E-state index in [2.05, 4.69) is 0 Å². The van der Waals surface area contributed by atoms with Crippen LogP contribution in [0.4, 0.5) is 5.69 Å². The van der Waals surface area contributed by atoms with Gasteiger partial charge >= 0.3 is 0 Å². The molecule has 0 saturated carbocycles. The van der Waals surface area contributed by atoms with E-state index in [0.29, 0.717) is 5.69 Å². The van der Waals surface area contributed by atoms with Crippen LogP contribution in [0.25, 0.3) is 0 Å². The summed E-state index contributed by atoms with van der Waals surface area (Å²) < 4.78 is 25.6. The molecule has 0 fully saturated rings. The third kappa shape index (κ3) is 2.98. The first kappa shape index (κ1) is 14.0. The van der Waals surface area contributed by atoms with Gasteiger partial charge in [0.1, 0.15) is 0 Å².